The van der Waals surface area contributed by atoms with Crippen LogP contribution in [-0.4, -0.2) is 44.6 Å². The molecule has 3 aromatic carbocycles. The third kappa shape index (κ3) is 4.77. The number of aryl methyl sites for hydroxylation is 2. The number of Topliss-reactive ketones (excluding diaryl/α,β-unsaturated/α-hetero) is 1. The Morgan fingerprint density at radius 3 is 2.32 bits per heavy atom. The molecule has 1 aliphatic heterocycles. The fraction of sp³-hybridized carbons (Fsp3) is 0.267. The van der Waals surface area contributed by atoms with Crippen molar-refractivity contribution in [2.45, 2.75) is 26.8 Å². The first-order valence-corrected chi connectivity index (χ1v) is 12.1. The van der Waals surface area contributed by atoms with Gasteiger partial charge in [-0.2, -0.15) is 0 Å². The summed E-state index contributed by atoms with van der Waals surface area (Å²) in [5.74, 6) is -0.399. The number of amides is 1. The Kier molecular flexibility index (Phi) is 7.25. The molecule has 192 valence electrons. The molecule has 1 N–H and O–H groups in total. The van der Waals surface area contributed by atoms with Gasteiger partial charge in [0.15, 0.2) is 0 Å². The van der Waals surface area contributed by atoms with Crippen LogP contribution >= 0.6 is 0 Å². The zero-order chi connectivity index (χ0) is 26.9. The van der Waals surface area contributed by atoms with Gasteiger partial charge < -0.3 is 19.5 Å². The van der Waals surface area contributed by atoms with E-state index in [0.717, 1.165) is 16.8 Å². The third-order valence-electron chi connectivity index (χ3n) is 6.57. The van der Waals surface area contributed by atoms with E-state index in [0.29, 0.717) is 34.9 Å². The summed E-state index contributed by atoms with van der Waals surface area (Å²) in [7, 11) is 5.46. The third-order valence-corrected chi connectivity index (χ3v) is 6.57. The lowest BCUT2D eigenvalue weighted by atomic mass is 9.92. The van der Waals surface area contributed by atoms with Crippen LogP contribution in [0.4, 0.5) is 11.4 Å². The van der Waals surface area contributed by atoms with Crippen LogP contribution < -0.4 is 19.3 Å². The molecule has 0 saturated carbocycles. The molecule has 1 heterocycles. The number of ether oxygens (including phenoxy) is 2. The lowest BCUT2D eigenvalue weighted by Gasteiger charge is -2.26. The topological polar surface area (TPSA) is 79.3 Å². The standard InChI is InChI=1S/C30H32N2O5/c1-7-37-23-10-8-9-22(17-23)32-27(20-11-13-21(14-12-20)31(4)5)26(29(34)30(32)35)28(33)24-15-19(3)25(36-6)16-18(24)2/h8-17,27,33H,7H2,1-6H3/b28-26+. The van der Waals surface area contributed by atoms with E-state index in [1.165, 1.54) is 4.90 Å². The minimum atomic E-state index is -0.824. The Balaban J connectivity index is 1.95. The molecule has 1 unspecified atom stereocenters. The molecule has 0 aliphatic carbocycles. The highest BCUT2D eigenvalue weighted by Crippen LogP contribution is 2.43. The van der Waals surface area contributed by atoms with E-state index in [4.69, 9.17) is 9.47 Å². The van der Waals surface area contributed by atoms with Crippen molar-refractivity contribution in [2.24, 2.45) is 0 Å². The van der Waals surface area contributed by atoms with Crippen molar-refractivity contribution in [3.63, 3.8) is 0 Å². The van der Waals surface area contributed by atoms with E-state index in [1.807, 2.05) is 70.1 Å². The molecule has 1 fully saturated rings. The zero-order valence-electron chi connectivity index (χ0n) is 22.0. The van der Waals surface area contributed by atoms with E-state index >= 15 is 0 Å². The summed E-state index contributed by atoms with van der Waals surface area (Å²) in [6.45, 7) is 6.04. The van der Waals surface area contributed by atoms with E-state index in [2.05, 4.69) is 0 Å². The summed E-state index contributed by atoms with van der Waals surface area (Å²) in [4.78, 5) is 30.4. The molecule has 0 aromatic heterocycles. The average Bonchev–Trinajstić information content (AvgIpc) is 3.15. The molecule has 1 saturated heterocycles. The lowest BCUT2D eigenvalue weighted by molar-refractivity contribution is -0.132. The first-order chi connectivity index (χ1) is 17.7. The number of carbonyl (C=O) groups is 2. The zero-order valence-corrected chi connectivity index (χ0v) is 22.0. The molecular weight excluding hydrogens is 468 g/mol. The number of ketones is 1. The van der Waals surface area contributed by atoms with E-state index in [-0.39, 0.29) is 11.3 Å². The molecule has 0 bridgehead atoms. The van der Waals surface area contributed by atoms with Crippen molar-refractivity contribution < 1.29 is 24.2 Å². The van der Waals surface area contributed by atoms with Crippen LogP contribution in [0.15, 0.2) is 66.2 Å². The molecule has 0 spiro atoms. The number of aliphatic hydroxyl groups excluding tert-OH is 1. The largest absolute Gasteiger partial charge is 0.507 e. The van der Waals surface area contributed by atoms with Crippen LogP contribution in [-0.2, 0) is 9.59 Å². The van der Waals surface area contributed by atoms with Crippen molar-refractivity contribution in [3.05, 3.63) is 88.5 Å². The molecule has 1 atom stereocenters. The highest BCUT2D eigenvalue weighted by atomic mass is 16.5. The number of rotatable bonds is 7. The summed E-state index contributed by atoms with van der Waals surface area (Å²) in [6, 6.07) is 17.5. The van der Waals surface area contributed by atoms with Gasteiger partial charge >= 0.3 is 0 Å². The molecule has 7 nitrogen and oxygen atoms in total. The Bertz CT molecular complexity index is 1380. The molecule has 4 rings (SSSR count). The van der Waals surface area contributed by atoms with Crippen LogP contribution in [0.25, 0.3) is 5.76 Å². The normalized spacial score (nSPS) is 16.7. The summed E-state index contributed by atoms with van der Waals surface area (Å²) >= 11 is 0. The number of carbonyl (C=O) groups excluding carboxylic acids is 2. The average molecular weight is 501 g/mol. The minimum absolute atomic E-state index is 0.0390. The number of hydrogen-bond donors (Lipinski definition) is 1. The van der Waals surface area contributed by atoms with E-state index in [1.54, 1.807) is 37.4 Å². The minimum Gasteiger partial charge on any atom is -0.507 e. The number of aliphatic hydroxyl groups is 1. The Morgan fingerprint density at radius 2 is 1.70 bits per heavy atom. The molecule has 1 aliphatic rings. The molecule has 1 amide bonds. The fourth-order valence-corrected chi connectivity index (χ4v) is 4.67. The fourth-order valence-electron chi connectivity index (χ4n) is 4.67. The summed E-state index contributed by atoms with van der Waals surface area (Å²) in [5, 5.41) is 11.6. The second kappa shape index (κ2) is 10.4. The lowest BCUT2D eigenvalue weighted by Crippen LogP contribution is -2.29. The number of benzene rings is 3. The Morgan fingerprint density at radius 1 is 1.00 bits per heavy atom. The Hall–Kier alpha value is -4.26. The van der Waals surface area contributed by atoms with Gasteiger partial charge in [-0.25, -0.2) is 0 Å². The number of anilines is 2. The number of methoxy groups -OCH3 is 1. The van der Waals surface area contributed by atoms with Gasteiger partial charge in [0.1, 0.15) is 17.3 Å². The first-order valence-electron chi connectivity index (χ1n) is 12.1. The SMILES string of the molecule is CCOc1cccc(N2C(=O)C(=O)/C(=C(/O)c3cc(C)c(OC)cc3C)C2c2ccc(N(C)C)cc2)c1. The number of nitrogens with zero attached hydrogens (tertiary/aromatic N) is 2. The maximum atomic E-state index is 13.5. The molecule has 37 heavy (non-hydrogen) atoms. The Labute approximate surface area is 217 Å². The van der Waals surface area contributed by atoms with Crippen LogP contribution in [0.3, 0.4) is 0 Å². The van der Waals surface area contributed by atoms with Gasteiger partial charge in [-0.1, -0.05) is 18.2 Å². The predicted molar refractivity (Wildman–Crippen MR) is 146 cm³/mol. The summed E-state index contributed by atoms with van der Waals surface area (Å²) < 4.78 is 11.1. The van der Waals surface area contributed by atoms with Crippen LogP contribution in [0.2, 0.25) is 0 Å². The van der Waals surface area contributed by atoms with Crippen LogP contribution in [0.5, 0.6) is 11.5 Å². The second-order valence-electron chi connectivity index (χ2n) is 9.22. The predicted octanol–water partition coefficient (Wildman–Crippen LogP) is 5.40. The van der Waals surface area contributed by atoms with Gasteiger partial charge in [0, 0.05) is 37.1 Å². The van der Waals surface area contributed by atoms with E-state index in [9.17, 15) is 14.7 Å². The van der Waals surface area contributed by atoms with Crippen molar-refractivity contribution >= 4 is 28.8 Å². The van der Waals surface area contributed by atoms with E-state index < -0.39 is 17.7 Å². The van der Waals surface area contributed by atoms with Gasteiger partial charge in [0.25, 0.3) is 11.7 Å². The van der Waals surface area contributed by atoms with Gasteiger partial charge in [0.2, 0.25) is 0 Å². The van der Waals surface area contributed by atoms with Crippen molar-refractivity contribution in [3.8, 4) is 11.5 Å². The highest BCUT2D eigenvalue weighted by molar-refractivity contribution is 6.51. The van der Waals surface area contributed by atoms with Crippen molar-refractivity contribution in [2.75, 3.05) is 37.6 Å². The van der Waals surface area contributed by atoms with Crippen molar-refractivity contribution in [1.29, 1.82) is 0 Å². The maximum Gasteiger partial charge on any atom is 0.300 e. The quantitative estimate of drug-likeness (QED) is 0.266. The van der Waals surface area contributed by atoms with Gasteiger partial charge in [0.05, 0.1) is 25.3 Å². The van der Waals surface area contributed by atoms with Crippen molar-refractivity contribution in [1.82, 2.24) is 0 Å². The van der Waals surface area contributed by atoms with Gasteiger partial charge in [-0.15, -0.1) is 0 Å². The maximum absolute atomic E-state index is 13.5. The van der Waals surface area contributed by atoms with Gasteiger partial charge in [-0.3, -0.25) is 14.5 Å². The highest BCUT2D eigenvalue weighted by Gasteiger charge is 2.47. The van der Waals surface area contributed by atoms with Crippen LogP contribution in [0.1, 0.15) is 35.2 Å². The monoisotopic (exact) mass is 500 g/mol. The smallest absolute Gasteiger partial charge is 0.300 e. The molecular formula is C30H32N2O5. The molecule has 0 radical (unpaired) electrons. The first kappa shape index (κ1) is 25.8. The van der Waals surface area contributed by atoms with Gasteiger partial charge in [-0.05, 0) is 73.9 Å². The molecule has 7 heteroatoms. The number of hydrogen-bond acceptors (Lipinski definition) is 6. The summed E-state index contributed by atoms with van der Waals surface area (Å²) in [5.41, 5.74) is 4.24. The second-order valence-corrected chi connectivity index (χ2v) is 9.22. The molecule has 3 aromatic rings. The van der Waals surface area contributed by atoms with Crippen LogP contribution in [0, 0.1) is 13.8 Å². The summed E-state index contributed by atoms with van der Waals surface area (Å²) in [6.07, 6.45) is 0.